The van der Waals surface area contributed by atoms with Crippen molar-refractivity contribution in [2.45, 2.75) is 70.8 Å². The highest BCUT2D eigenvalue weighted by Crippen LogP contribution is 2.81. The van der Waals surface area contributed by atoms with E-state index in [2.05, 4.69) is 32.6 Å². The largest absolute Gasteiger partial charge is 0.497 e. The summed E-state index contributed by atoms with van der Waals surface area (Å²) in [6.07, 6.45) is 10.7. The van der Waals surface area contributed by atoms with Crippen molar-refractivity contribution in [2.24, 2.45) is 28.6 Å². The molecule has 1 aliphatic heterocycles. The van der Waals surface area contributed by atoms with Gasteiger partial charge in [0.2, 0.25) is 0 Å². The van der Waals surface area contributed by atoms with Crippen LogP contribution in [-0.4, -0.2) is 18.5 Å². The number of hydrogen-bond acceptors (Lipinski definition) is 5. The molecule has 4 aliphatic carbocycles. The van der Waals surface area contributed by atoms with E-state index in [0.717, 1.165) is 43.2 Å². The van der Waals surface area contributed by atoms with Crippen molar-refractivity contribution < 1.29 is 14.1 Å². The van der Waals surface area contributed by atoms with Gasteiger partial charge in [-0.3, -0.25) is 4.79 Å². The molecule has 6 rings (SSSR count). The Balaban J connectivity index is 1.32. The highest BCUT2D eigenvalue weighted by atomic mass is 32.9. The van der Waals surface area contributed by atoms with Crippen molar-refractivity contribution in [1.82, 2.24) is 0 Å². The zero-order valence-corrected chi connectivity index (χ0v) is 23.0. The molecule has 0 aromatic heterocycles. The van der Waals surface area contributed by atoms with Crippen molar-refractivity contribution in [1.29, 1.82) is 0 Å². The van der Waals surface area contributed by atoms with Crippen LogP contribution in [0.5, 0.6) is 5.75 Å². The summed E-state index contributed by atoms with van der Waals surface area (Å²) in [6, 6.07) is 8.16. The molecule has 4 fully saturated rings. The monoisotopic (exact) mass is 514 g/mol. The van der Waals surface area contributed by atoms with Crippen LogP contribution in [-0.2, 0) is 21.1 Å². The van der Waals surface area contributed by atoms with Crippen LogP contribution in [0.15, 0.2) is 47.4 Å². The van der Waals surface area contributed by atoms with Crippen LogP contribution in [0.4, 0.5) is 0 Å². The summed E-state index contributed by atoms with van der Waals surface area (Å²) in [5.74, 6) is 3.20. The molecule has 0 amide bonds. The summed E-state index contributed by atoms with van der Waals surface area (Å²) in [4.78, 5) is 13.3. The molecule has 1 spiro atoms. The standard InChI is InChI=1S/C28H35O3PS2/c1-18-28(31-32(33,34-18)22-8-6-21(30-4)7-9-22)16-13-25-23-10-5-19-17-20(29)11-14-26(19,2)24(23)12-15-27(25,28)3/h6-9,17,23-25H,1,5,10-16H2,2-4H3/t23-,24+,25+,26+,27+,28+,32+/m1/s1. The second-order valence-corrected chi connectivity index (χ2v) is 18.3. The van der Waals surface area contributed by atoms with Crippen LogP contribution in [0.1, 0.15) is 65.2 Å². The molecule has 3 nitrogen and oxygen atoms in total. The van der Waals surface area contributed by atoms with Crippen LogP contribution < -0.4 is 10.0 Å². The molecule has 34 heavy (non-hydrogen) atoms. The fourth-order valence-corrected chi connectivity index (χ4v) is 15.0. The highest BCUT2D eigenvalue weighted by molar-refractivity contribution is 8.73. The van der Waals surface area contributed by atoms with Crippen molar-refractivity contribution in [3.8, 4) is 5.75 Å². The number of benzene rings is 1. The maximum Gasteiger partial charge on any atom is 0.155 e. The van der Waals surface area contributed by atoms with E-state index in [1.54, 1.807) is 18.5 Å². The number of hydrogen-bond donors (Lipinski definition) is 0. The number of carbonyl (C=O) groups excluding carboxylic acids is 1. The Morgan fingerprint density at radius 3 is 2.56 bits per heavy atom. The summed E-state index contributed by atoms with van der Waals surface area (Å²) in [5.41, 5.74) is -0.861. The number of fused-ring (bicyclic) bond motifs is 6. The average Bonchev–Trinajstić information content (AvgIpc) is 3.27. The number of methoxy groups -OCH3 is 1. The number of carbonyl (C=O) groups is 1. The van der Waals surface area contributed by atoms with E-state index in [4.69, 9.17) is 21.1 Å². The SMILES string of the molecule is C=C1S[P@@](=S)(c2ccc(OC)cc2)O[C@@]12CC[C@H]1[C@@H]3CCC4=CC(=O)CC[C@]4(C)[C@H]3CC[C@@]12C. The third-order valence-corrected chi connectivity index (χ3v) is 16.5. The molecule has 0 N–H and O–H groups in total. The Kier molecular flexibility index (Phi) is 5.41. The van der Waals surface area contributed by atoms with E-state index in [-0.39, 0.29) is 16.4 Å². The van der Waals surface area contributed by atoms with Gasteiger partial charge in [0, 0.05) is 22.0 Å². The summed E-state index contributed by atoms with van der Waals surface area (Å²) in [6.45, 7) is 9.55. The fraction of sp³-hybridized carbons (Fsp3) is 0.607. The van der Waals surface area contributed by atoms with Crippen molar-refractivity contribution in [3.63, 3.8) is 0 Å². The minimum atomic E-state index is -2.26. The predicted molar refractivity (Wildman–Crippen MR) is 144 cm³/mol. The quantitative estimate of drug-likeness (QED) is 0.391. The van der Waals surface area contributed by atoms with Gasteiger partial charge in [-0.25, -0.2) is 0 Å². The van der Waals surface area contributed by atoms with Gasteiger partial charge >= 0.3 is 0 Å². The van der Waals surface area contributed by atoms with Crippen LogP contribution >= 0.6 is 16.8 Å². The van der Waals surface area contributed by atoms with Gasteiger partial charge in [0.05, 0.1) is 7.11 Å². The Morgan fingerprint density at radius 1 is 1.09 bits per heavy atom. The fourth-order valence-electron chi connectivity index (χ4n) is 8.53. The molecule has 0 radical (unpaired) electrons. The van der Waals surface area contributed by atoms with Gasteiger partial charge in [-0.15, -0.1) is 0 Å². The molecular formula is C28H35O3PS2. The summed E-state index contributed by atoms with van der Waals surface area (Å²) in [5, 5.41) is 1.11. The zero-order valence-electron chi connectivity index (χ0n) is 20.5. The average molecular weight is 515 g/mol. The Morgan fingerprint density at radius 2 is 1.82 bits per heavy atom. The molecule has 0 unspecified atom stereocenters. The highest BCUT2D eigenvalue weighted by Gasteiger charge is 2.69. The lowest BCUT2D eigenvalue weighted by Gasteiger charge is -2.59. The number of rotatable bonds is 2. The van der Waals surface area contributed by atoms with Gasteiger partial charge in [-0.1, -0.05) is 49.2 Å². The van der Waals surface area contributed by atoms with Crippen LogP contribution in [0.3, 0.4) is 0 Å². The third-order valence-electron chi connectivity index (χ3n) is 10.4. The van der Waals surface area contributed by atoms with Crippen LogP contribution in [0, 0.1) is 28.6 Å². The molecule has 1 heterocycles. The minimum Gasteiger partial charge on any atom is -0.497 e. The van der Waals surface area contributed by atoms with Gasteiger partial charge < -0.3 is 9.26 Å². The van der Waals surface area contributed by atoms with E-state index in [1.807, 2.05) is 18.2 Å². The second kappa shape index (κ2) is 7.81. The first-order chi connectivity index (χ1) is 16.2. The summed E-state index contributed by atoms with van der Waals surface area (Å²) in [7, 11) is 1.69. The molecule has 1 aromatic carbocycles. The molecule has 1 saturated heterocycles. The van der Waals surface area contributed by atoms with Crippen LogP contribution in [0.25, 0.3) is 0 Å². The van der Waals surface area contributed by atoms with Crippen molar-refractivity contribution >= 4 is 39.7 Å². The van der Waals surface area contributed by atoms with E-state index in [9.17, 15) is 4.79 Å². The van der Waals surface area contributed by atoms with Gasteiger partial charge in [-0.05, 0) is 98.5 Å². The van der Waals surface area contributed by atoms with Gasteiger partial charge in [0.1, 0.15) is 11.4 Å². The maximum atomic E-state index is 12.2. The molecule has 7 atom stereocenters. The minimum absolute atomic E-state index is 0.0767. The van der Waals surface area contributed by atoms with Crippen molar-refractivity contribution in [2.75, 3.05) is 7.11 Å². The van der Waals surface area contributed by atoms with E-state index in [0.29, 0.717) is 23.5 Å². The first-order valence-electron chi connectivity index (χ1n) is 12.7. The normalized spacial score (nSPS) is 45.5. The molecule has 3 saturated carbocycles. The Labute approximate surface area is 213 Å². The summed E-state index contributed by atoms with van der Waals surface area (Å²) < 4.78 is 12.5. The molecule has 5 aliphatic rings. The zero-order chi connectivity index (χ0) is 23.9. The topological polar surface area (TPSA) is 35.5 Å². The lowest BCUT2D eigenvalue weighted by atomic mass is 9.46. The molecule has 6 heteroatoms. The van der Waals surface area contributed by atoms with E-state index < -0.39 is 5.47 Å². The summed E-state index contributed by atoms with van der Waals surface area (Å²) >= 11 is 8.03. The van der Waals surface area contributed by atoms with Crippen LogP contribution in [0.2, 0.25) is 0 Å². The smallest absolute Gasteiger partial charge is 0.155 e. The predicted octanol–water partition coefficient (Wildman–Crippen LogP) is 7.18. The van der Waals surface area contributed by atoms with Gasteiger partial charge in [0.15, 0.2) is 11.2 Å². The number of ether oxygens (including phenoxy) is 1. The Bertz CT molecular complexity index is 1140. The molecule has 182 valence electrons. The molecule has 1 aromatic rings. The van der Waals surface area contributed by atoms with Crippen molar-refractivity contribution in [3.05, 3.63) is 47.4 Å². The van der Waals surface area contributed by atoms with E-state index in [1.165, 1.54) is 29.7 Å². The third kappa shape index (κ3) is 3.06. The maximum absolute atomic E-state index is 12.2. The van der Waals surface area contributed by atoms with Gasteiger partial charge in [-0.2, -0.15) is 0 Å². The van der Waals surface area contributed by atoms with E-state index >= 15 is 0 Å². The molecule has 0 bridgehead atoms. The van der Waals surface area contributed by atoms with Gasteiger partial charge in [0.25, 0.3) is 0 Å². The lowest BCUT2D eigenvalue weighted by Crippen LogP contribution is -2.54. The second-order valence-electron chi connectivity index (χ2n) is 11.6. The first kappa shape index (κ1) is 23.5. The number of allylic oxidation sites excluding steroid dienone is 1. The number of ketones is 1. The Hall–Kier alpha value is -0.870. The lowest BCUT2D eigenvalue weighted by molar-refractivity contribution is -0.118. The first-order valence-corrected chi connectivity index (χ1v) is 16.9. The molecular weight excluding hydrogens is 479 g/mol.